The molecule has 7 heteroatoms. The van der Waals surface area contributed by atoms with Gasteiger partial charge in [0, 0.05) is 25.3 Å². The lowest BCUT2D eigenvalue weighted by molar-refractivity contribution is 0.251. The van der Waals surface area contributed by atoms with Crippen molar-refractivity contribution in [3.63, 3.8) is 0 Å². The number of carbonyl (C=O) groups is 1. The third-order valence-electron chi connectivity index (χ3n) is 3.75. The van der Waals surface area contributed by atoms with Crippen LogP contribution in [0.2, 0.25) is 0 Å². The molecule has 0 fully saturated rings. The number of nitrogens with zero attached hydrogens (tertiary/aromatic N) is 1. The molecular formula is C18H23N3O3S. The SMILES string of the molecule is CCN(CC)S(=O)(=O)c1ccc(NC(=O)NCc2ccccc2)cc1. The van der Waals surface area contributed by atoms with Crippen LogP contribution < -0.4 is 10.6 Å². The summed E-state index contributed by atoms with van der Waals surface area (Å²) in [5.41, 5.74) is 1.53. The summed E-state index contributed by atoms with van der Waals surface area (Å²) >= 11 is 0. The van der Waals surface area contributed by atoms with Crippen LogP contribution in [0.3, 0.4) is 0 Å². The maximum Gasteiger partial charge on any atom is 0.319 e. The highest BCUT2D eigenvalue weighted by Gasteiger charge is 2.21. The molecule has 0 aliphatic rings. The van der Waals surface area contributed by atoms with E-state index in [1.165, 1.54) is 16.4 Å². The van der Waals surface area contributed by atoms with Crippen molar-refractivity contribution in [2.75, 3.05) is 18.4 Å². The third-order valence-corrected chi connectivity index (χ3v) is 5.82. The Bertz CT molecular complexity index is 786. The molecule has 2 amide bonds. The standard InChI is InChI=1S/C18H23N3O3S/c1-3-21(4-2)25(23,24)17-12-10-16(11-13-17)20-18(22)19-14-15-8-6-5-7-9-15/h5-13H,3-4,14H2,1-2H3,(H2,19,20,22). The van der Waals surface area contributed by atoms with Crippen LogP contribution in [0, 0.1) is 0 Å². The first-order valence-corrected chi connectivity index (χ1v) is 9.60. The molecule has 0 aliphatic heterocycles. The van der Waals surface area contributed by atoms with Crippen molar-refractivity contribution >= 4 is 21.7 Å². The highest BCUT2D eigenvalue weighted by atomic mass is 32.2. The Hall–Kier alpha value is -2.38. The first kappa shape index (κ1) is 19.0. The summed E-state index contributed by atoms with van der Waals surface area (Å²) in [4.78, 5) is 12.1. The molecule has 2 aromatic rings. The van der Waals surface area contributed by atoms with Crippen molar-refractivity contribution in [3.05, 3.63) is 60.2 Å². The molecule has 0 spiro atoms. The molecule has 0 bridgehead atoms. The fraction of sp³-hybridized carbons (Fsp3) is 0.278. The van der Waals surface area contributed by atoms with Crippen LogP contribution >= 0.6 is 0 Å². The van der Waals surface area contributed by atoms with Gasteiger partial charge in [-0.2, -0.15) is 4.31 Å². The molecule has 0 unspecified atom stereocenters. The van der Waals surface area contributed by atoms with Crippen LogP contribution in [0.15, 0.2) is 59.5 Å². The van der Waals surface area contributed by atoms with Gasteiger partial charge in [0.2, 0.25) is 10.0 Å². The number of urea groups is 1. The second-order valence-electron chi connectivity index (χ2n) is 5.41. The van der Waals surface area contributed by atoms with E-state index in [1.54, 1.807) is 26.0 Å². The zero-order valence-corrected chi connectivity index (χ0v) is 15.2. The summed E-state index contributed by atoms with van der Waals surface area (Å²) in [6.45, 7) is 4.85. The number of rotatable bonds is 7. The predicted molar refractivity (Wildman–Crippen MR) is 98.8 cm³/mol. The van der Waals surface area contributed by atoms with Gasteiger partial charge in [-0.25, -0.2) is 13.2 Å². The van der Waals surface area contributed by atoms with Crippen molar-refractivity contribution in [2.45, 2.75) is 25.3 Å². The summed E-state index contributed by atoms with van der Waals surface area (Å²) in [5, 5.41) is 5.44. The lowest BCUT2D eigenvalue weighted by atomic mass is 10.2. The fourth-order valence-electron chi connectivity index (χ4n) is 2.38. The topological polar surface area (TPSA) is 78.5 Å². The summed E-state index contributed by atoms with van der Waals surface area (Å²) in [6, 6.07) is 15.4. The lowest BCUT2D eigenvalue weighted by Gasteiger charge is -2.18. The summed E-state index contributed by atoms with van der Waals surface area (Å²) < 4.78 is 26.2. The van der Waals surface area contributed by atoms with Gasteiger partial charge in [0.15, 0.2) is 0 Å². The van der Waals surface area contributed by atoms with Gasteiger partial charge < -0.3 is 10.6 Å². The highest BCUT2D eigenvalue weighted by molar-refractivity contribution is 7.89. The average molecular weight is 361 g/mol. The molecule has 25 heavy (non-hydrogen) atoms. The lowest BCUT2D eigenvalue weighted by Crippen LogP contribution is -2.30. The van der Waals surface area contributed by atoms with Crippen LogP contribution in [0.5, 0.6) is 0 Å². The van der Waals surface area contributed by atoms with Gasteiger partial charge in [-0.15, -0.1) is 0 Å². The molecule has 134 valence electrons. The Morgan fingerprint density at radius 1 is 0.960 bits per heavy atom. The zero-order valence-electron chi connectivity index (χ0n) is 14.4. The van der Waals surface area contributed by atoms with Gasteiger partial charge in [0.25, 0.3) is 0 Å². The predicted octanol–water partition coefficient (Wildman–Crippen LogP) is 3.04. The van der Waals surface area contributed by atoms with Gasteiger partial charge >= 0.3 is 6.03 Å². The number of nitrogens with one attached hydrogen (secondary N) is 2. The molecule has 0 saturated heterocycles. The molecule has 0 atom stereocenters. The summed E-state index contributed by atoms with van der Waals surface area (Å²) in [7, 11) is -3.49. The number of hydrogen-bond acceptors (Lipinski definition) is 3. The number of amides is 2. The van der Waals surface area contributed by atoms with Gasteiger partial charge in [-0.3, -0.25) is 0 Å². The normalized spacial score (nSPS) is 11.3. The monoisotopic (exact) mass is 361 g/mol. The molecule has 2 N–H and O–H groups in total. The quantitative estimate of drug-likeness (QED) is 0.796. The Morgan fingerprint density at radius 2 is 1.56 bits per heavy atom. The van der Waals surface area contributed by atoms with E-state index in [-0.39, 0.29) is 10.9 Å². The molecule has 0 heterocycles. The first-order chi connectivity index (χ1) is 12.0. The Balaban J connectivity index is 1.97. The molecule has 0 aliphatic carbocycles. The average Bonchev–Trinajstić information content (AvgIpc) is 2.62. The Labute approximate surface area is 148 Å². The van der Waals surface area contributed by atoms with Crippen molar-refractivity contribution < 1.29 is 13.2 Å². The molecule has 0 saturated carbocycles. The van der Waals surface area contributed by atoms with Crippen molar-refractivity contribution in [3.8, 4) is 0 Å². The van der Waals surface area contributed by atoms with Gasteiger partial charge in [-0.1, -0.05) is 44.2 Å². The van der Waals surface area contributed by atoms with E-state index >= 15 is 0 Å². The fourth-order valence-corrected chi connectivity index (χ4v) is 3.83. The molecule has 0 radical (unpaired) electrons. The van der Waals surface area contributed by atoms with Crippen LogP contribution in [-0.2, 0) is 16.6 Å². The Kier molecular flexibility index (Phi) is 6.55. The first-order valence-electron chi connectivity index (χ1n) is 8.16. The second-order valence-corrected chi connectivity index (χ2v) is 7.34. The smallest absolute Gasteiger partial charge is 0.319 e. The molecule has 0 aromatic heterocycles. The van der Waals surface area contributed by atoms with E-state index in [4.69, 9.17) is 0 Å². The number of benzene rings is 2. The van der Waals surface area contributed by atoms with E-state index in [0.29, 0.717) is 25.3 Å². The van der Waals surface area contributed by atoms with Crippen molar-refractivity contribution in [2.24, 2.45) is 0 Å². The molecule has 2 aromatic carbocycles. The number of anilines is 1. The summed E-state index contributed by atoms with van der Waals surface area (Å²) in [6.07, 6.45) is 0. The van der Waals surface area contributed by atoms with Gasteiger partial charge in [0.1, 0.15) is 0 Å². The Morgan fingerprint density at radius 3 is 2.12 bits per heavy atom. The third kappa shape index (κ3) is 5.04. The second kappa shape index (κ2) is 8.64. The highest BCUT2D eigenvalue weighted by Crippen LogP contribution is 2.18. The number of hydrogen-bond donors (Lipinski definition) is 2. The molecule has 6 nitrogen and oxygen atoms in total. The van der Waals surface area contributed by atoms with E-state index in [9.17, 15) is 13.2 Å². The minimum absolute atomic E-state index is 0.214. The van der Waals surface area contributed by atoms with Crippen LogP contribution in [0.1, 0.15) is 19.4 Å². The van der Waals surface area contributed by atoms with E-state index in [2.05, 4.69) is 10.6 Å². The van der Waals surface area contributed by atoms with E-state index < -0.39 is 10.0 Å². The summed E-state index contributed by atoms with van der Waals surface area (Å²) in [5.74, 6) is 0. The van der Waals surface area contributed by atoms with Crippen LogP contribution in [0.4, 0.5) is 10.5 Å². The number of carbonyl (C=O) groups excluding carboxylic acids is 1. The van der Waals surface area contributed by atoms with Crippen LogP contribution in [-0.4, -0.2) is 31.8 Å². The van der Waals surface area contributed by atoms with Crippen molar-refractivity contribution in [1.29, 1.82) is 0 Å². The molecule has 2 rings (SSSR count). The minimum atomic E-state index is -3.49. The largest absolute Gasteiger partial charge is 0.334 e. The maximum absolute atomic E-state index is 12.4. The van der Waals surface area contributed by atoms with Crippen molar-refractivity contribution in [1.82, 2.24) is 9.62 Å². The van der Waals surface area contributed by atoms with Crippen LogP contribution in [0.25, 0.3) is 0 Å². The maximum atomic E-state index is 12.4. The minimum Gasteiger partial charge on any atom is -0.334 e. The zero-order chi connectivity index (χ0) is 18.3. The van der Waals surface area contributed by atoms with E-state index in [0.717, 1.165) is 5.56 Å². The van der Waals surface area contributed by atoms with E-state index in [1.807, 2.05) is 30.3 Å². The van der Waals surface area contributed by atoms with Gasteiger partial charge in [0.05, 0.1) is 4.90 Å². The van der Waals surface area contributed by atoms with Gasteiger partial charge in [-0.05, 0) is 29.8 Å². The molecular weight excluding hydrogens is 338 g/mol. The number of sulfonamides is 1.